The molecule has 0 spiro atoms. The Morgan fingerprint density at radius 2 is 2.11 bits per heavy atom. The van der Waals surface area contributed by atoms with Crippen molar-refractivity contribution in [1.82, 2.24) is 5.16 Å². The Balaban J connectivity index is 1.56. The average Bonchev–Trinajstić information content (AvgIpc) is 2.89. The molecule has 3 nitrogen and oxygen atoms in total. The highest BCUT2D eigenvalue weighted by atomic mass is 16.5. The summed E-state index contributed by atoms with van der Waals surface area (Å²) in [4.78, 5) is 0. The number of aryl methyl sites for hydroxylation is 1. The molecule has 2 heterocycles. The molecule has 94 valence electrons. The Labute approximate surface area is 107 Å². The van der Waals surface area contributed by atoms with Crippen LogP contribution in [0, 0.1) is 0 Å². The van der Waals surface area contributed by atoms with Gasteiger partial charge in [-0.1, -0.05) is 35.5 Å². The topological polar surface area (TPSA) is 35.3 Å². The molecule has 3 heteroatoms. The first-order chi connectivity index (χ1) is 8.93. The molecule has 1 aliphatic heterocycles. The summed E-state index contributed by atoms with van der Waals surface area (Å²) in [5.74, 6) is 0. The molecule has 1 aliphatic rings. The zero-order valence-corrected chi connectivity index (χ0v) is 10.3. The third-order valence-corrected chi connectivity index (χ3v) is 3.45. The van der Waals surface area contributed by atoms with Crippen LogP contribution in [0.15, 0.2) is 41.1 Å². The molecule has 3 rings (SSSR count). The van der Waals surface area contributed by atoms with E-state index in [2.05, 4.69) is 35.5 Å². The molecule has 0 N–H and O–H groups in total. The van der Waals surface area contributed by atoms with Gasteiger partial charge in [0.05, 0.1) is 6.61 Å². The van der Waals surface area contributed by atoms with Crippen LogP contribution in [0.25, 0.3) is 0 Å². The zero-order valence-electron chi connectivity index (χ0n) is 10.3. The van der Waals surface area contributed by atoms with Crippen LogP contribution >= 0.6 is 0 Å². The predicted octanol–water partition coefficient (Wildman–Crippen LogP) is 3.31. The molecule has 0 fully saturated rings. The molecule has 1 aromatic heterocycles. The molecule has 1 atom stereocenters. The Bertz CT molecular complexity index is 492. The summed E-state index contributed by atoms with van der Waals surface area (Å²) >= 11 is 0. The van der Waals surface area contributed by atoms with Gasteiger partial charge >= 0.3 is 0 Å². The van der Waals surface area contributed by atoms with Gasteiger partial charge in [-0.2, -0.15) is 0 Å². The second kappa shape index (κ2) is 5.36. The normalized spacial score (nSPS) is 18.6. The maximum absolute atomic E-state index is 5.78. The fourth-order valence-corrected chi connectivity index (χ4v) is 2.46. The standard InChI is InChI=1S/C15H17NO2/c1-2-5-12(6-3-1)7-4-8-14-15-13(9-10-17-14)11-18-16-15/h1-3,5-6,11,14H,4,7-10H2/t14-/m0/s1. The van der Waals surface area contributed by atoms with E-state index in [1.165, 1.54) is 11.1 Å². The van der Waals surface area contributed by atoms with E-state index in [4.69, 9.17) is 9.26 Å². The Kier molecular flexibility index (Phi) is 3.42. The number of nitrogens with zero attached hydrogens (tertiary/aromatic N) is 1. The van der Waals surface area contributed by atoms with Gasteiger partial charge in [0.25, 0.3) is 0 Å². The van der Waals surface area contributed by atoms with Crippen LogP contribution in [0.2, 0.25) is 0 Å². The van der Waals surface area contributed by atoms with Crippen molar-refractivity contribution >= 4 is 0 Å². The lowest BCUT2D eigenvalue weighted by Gasteiger charge is -2.21. The quantitative estimate of drug-likeness (QED) is 0.826. The molecule has 0 amide bonds. The average molecular weight is 243 g/mol. The third kappa shape index (κ3) is 2.46. The monoisotopic (exact) mass is 243 g/mol. The maximum Gasteiger partial charge on any atom is 0.127 e. The van der Waals surface area contributed by atoms with Gasteiger partial charge in [-0.3, -0.25) is 0 Å². The van der Waals surface area contributed by atoms with E-state index in [9.17, 15) is 0 Å². The van der Waals surface area contributed by atoms with Crippen LogP contribution in [0.5, 0.6) is 0 Å². The van der Waals surface area contributed by atoms with Gasteiger partial charge in [0.2, 0.25) is 0 Å². The van der Waals surface area contributed by atoms with E-state index < -0.39 is 0 Å². The first-order valence-corrected chi connectivity index (χ1v) is 6.52. The second-order valence-electron chi connectivity index (χ2n) is 4.71. The molecule has 0 bridgehead atoms. The molecule has 0 radical (unpaired) electrons. The van der Waals surface area contributed by atoms with Gasteiger partial charge < -0.3 is 9.26 Å². The van der Waals surface area contributed by atoms with Crippen molar-refractivity contribution in [3.05, 3.63) is 53.4 Å². The molecular formula is C15H17NO2. The number of ether oxygens (including phenoxy) is 1. The molecule has 0 unspecified atom stereocenters. The maximum atomic E-state index is 5.78. The number of hydrogen-bond acceptors (Lipinski definition) is 3. The lowest BCUT2D eigenvalue weighted by atomic mass is 10.00. The summed E-state index contributed by atoms with van der Waals surface area (Å²) in [5, 5.41) is 4.06. The van der Waals surface area contributed by atoms with E-state index >= 15 is 0 Å². The van der Waals surface area contributed by atoms with Crippen LogP contribution < -0.4 is 0 Å². The second-order valence-corrected chi connectivity index (χ2v) is 4.71. The van der Waals surface area contributed by atoms with E-state index in [1.807, 2.05) is 0 Å². The molecular weight excluding hydrogens is 226 g/mol. The van der Waals surface area contributed by atoms with Crippen LogP contribution in [0.1, 0.15) is 35.8 Å². The molecule has 0 saturated carbocycles. The summed E-state index contributed by atoms with van der Waals surface area (Å²) in [7, 11) is 0. The lowest BCUT2D eigenvalue weighted by Crippen LogP contribution is -2.15. The van der Waals surface area contributed by atoms with Crippen molar-refractivity contribution in [2.75, 3.05) is 6.61 Å². The molecule has 18 heavy (non-hydrogen) atoms. The smallest absolute Gasteiger partial charge is 0.127 e. The Morgan fingerprint density at radius 1 is 1.22 bits per heavy atom. The van der Waals surface area contributed by atoms with Crippen LogP contribution in [0.4, 0.5) is 0 Å². The van der Waals surface area contributed by atoms with Gasteiger partial charge in [0.15, 0.2) is 0 Å². The molecule has 0 saturated heterocycles. The first kappa shape index (κ1) is 11.5. The minimum absolute atomic E-state index is 0.121. The van der Waals surface area contributed by atoms with Gasteiger partial charge in [-0.25, -0.2) is 0 Å². The number of hydrogen-bond donors (Lipinski definition) is 0. The Hall–Kier alpha value is -1.61. The van der Waals surface area contributed by atoms with Gasteiger partial charge in [0, 0.05) is 12.0 Å². The Morgan fingerprint density at radius 3 is 3.00 bits per heavy atom. The summed E-state index contributed by atoms with van der Waals surface area (Å²) in [6.07, 6.45) is 6.01. The lowest BCUT2D eigenvalue weighted by molar-refractivity contribution is 0.0312. The van der Waals surface area contributed by atoms with Crippen molar-refractivity contribution in [2.45, 2.75) is 31.8 Å². The van der Waals surface area contributed by atoms with Gasteiger partial charge in [-0.05, 0) is 24.8 Å². The molecule has 0 aliphatic carbocycles. The number of benzene rings is 1. The molecule has 2 aromatic rings. The largest absolute Gasteiger partial charge is 0.371 e. The fraction of sp³-hybridized carbons (Fsp3) is 0.400. The van der Waals surface area contributed by atoms with Crippen molar-refractivity contribution < 1.29 is 9.26 Å². The number of fused-ring (bicyclic) bond motifs is 1. The van der Waals surface area contributed by atoms with Crippen LogP contribution in [-0.4, -0.2) is 11.8 Å². The highest BCUT2D eigenvalue weighted by molar-refractivity contribution is 5.20. The fourth-order valence-electron chi connectivity index (χ4n) is 2.46. The van der Waals surface area contributed by atoms with Crippen molar-refractivity contribution in [1.29, 1.82) is 0 Å². The number of aromatic nitrogens is 1. The zero-order chi connectivity index (χ0) is 12.2. The van der Waals surface area contributed by atoms with Crippen LogP contribution in [0.3, 0.4) is 0 Å². The van der Waals surface area contributed by atoms with Crippen molar-refractivity contribution in [3.8, 4) is 0 Å². The minimum Gasteiger partial charge on any atom is -0.371 e. The summed E-state index contributed by atoms with van der Waals surface area (Å²) in [5.41, 5.74) is 3.61. The van der Waals surface area contributed by atoms with E-state index in [0.29, 0.717) is 0 Å². The third-order valence-electron chi connectivity index (χ3n) is 3.45. The number of rotatable bonds is 4. The van der Waals surface area contributed by atoms with Crippen LogP contribution in [-0.2, 0) is 17.6 Å². The van der Waals surface area contributed by atoms with E-state index in [0.717, 1.165) is 38.0 Å². The van der Waals surface area contributed by atoms with Crippen molar-refractivity contribution in [3.63, 3.8) is 0 Å². The highest BCUT2D eigenvalue weighted by Crippen LogP contribution is 2.29. The minimum atomic E-state index is 0.121. The van der Waals surface area contributed by atoms with E-state index in [-0.39, 0.29) is 6.10 Å². The highest BCUT2D eigenvalue weighted by Gasteiger charge is 2.23. The summed E-state index contributed by atoms with van der Waals surface area (Å²) in [6, 6.07) is 10.6. The van der Waals surface area contributed by atoms with Gasteiger partial charge in [-0.15, -0.1) is 0 Å². The van der Waals surface area contributed by atoms with Gasteiger partial charge in [0.1, 0.15) is 18.1 Å². The summed E-state index contributed by atoms with van der Waals surface area (Å²) < 4.78 is 10.8. The molecule has 1 aromatic carbocycles. The SMILES string of the molecule is c1ccc(CCC[C@@H]2OCCc3conc32)cc1. The van der Waals surface area contributed by atoms with Crippen molar-refractivity contribution in [2.24, 2.45) is 0 Å². The first-order valence-electron chi connectivity index (χ1n) is 6.52. The predicted molar refractivity (Wildman–Crippen MR) is 68.3 cm³/mol. The summed E-state index contributed by atoms with van der Waals surface area (Å²) in [6.45, 7) is 0.782. The van der Waals surface area contributed by atoms with E-state index in [1.54, 1.807) is 6.26 Å².